The highest BCUT2D eigenvalue weighted by molar-refractivity contribution is 6.35. The molecule has 1 aliphatic rings. The fraction of sp³-hybridized carbons (Fsp3) is 0.350. The van der Waals surface area contributed by atoms with Gasteiger partial charge in [-0.1, -0.05) is 23.2 Å². The third kappa shape index (κ3) is 3.97. The molecular formula is C20H21Cl2N5O2. The van der Waals surface area contributed by atoms with Crippen LogP contribution in [0.5, 0.6) is 0 Å². The van der Waals surface area contributed by atoms with Gasteiger partial charge in [0.05, 0.1) is 6.20 Å². The molecular weight excluding hydrogens is 413 g/mol. The van der Waals surface area contributed by atoms with Crippen molar-refractivity contribution in [1.29, 1.82) is 0 Å². The first kappa shape index (κ1) is 19.8. The van der Waals surface area contributed by atoms with Crippen molar-refractivity contribution in [3.8, 4) is 0 Å². The van der Waals surface area contributed by atoms with Crippen molar-refractivity contribution in [2.24, 2.45) is 0 Å². The first-order valence-electron chi connectivity index (χ1n) is 9.55. The molecule has 0 atom stereocenters. The Morgan fingerprint density at radius 1 is 1.17 bits per heavy atom. The summed E-state index contributed by atoms with van der Waals surface area (Å²) in [5, 5.41) is 7.90. The minimum absolute atomic E-state index is 0.122. The third-order valence-corrected chi connectivity index (χ3v) is 5.76. The summed E-state index contributed by atoms with van der Waals surface area (Å²) < 4.78 is 3.55. The first-order valence-corrected chi connectivity index (χ1v) is 10.3. The Morgan fingerprint density at radius 3 is 2.52 bits per heavy atom. The van der Waals surface area contributed by atoms with E-state index in [0.29, 0.717) is 28.8 Å². The molecule has 1 N–H and O–H groups in total. The molecule has 0 saturated carbocycles. The molecule has 2 aromatic heterocycles. The summed E-state index contributed by atoms with van der Waals surface area (Å²) in [6, 6.07) is 8.30. The van der Waals surface area contributed by atoms with Gasteiger partial charge in [0.25, 0.3) is 5.56 Å². The van der Waals surface area contributed by atoms with Crippen LogP contribution in [0, 0.1) is 0 Å². The number of likely N-dealkylation sites (tertiary alicyclic amines) is 1. The first-order chi connectivity index (χ1) is 14.0. The summed E-state index contributed by atoms with van der Waals surface area (Å²) >= 11 is 12.0. The van der Waals surface area contributed by atoms with Gasteiger partial charge in [0.2, 0.25) is 0 Å². The summed E-state index contributed by atoms with van der Waals surface area (Å²) in [5.74, 6) is 0.215. The lowest BCUT2D eigenvalue weighted by Gasteiger charge is -2.33. The average Bonchev–Trinajstić information content (AvgIpc) is 3.17. The van der Waals surface area contributed by atoms with Crippen LogP contribution >= 0.6 is 23.2 Å². The number of nitrogens with zero attached hydrogens (tertiary/aromatic N) is 4. The van der Waals surface area contributed by atoms with Crippen molar-refractivity contribution in [2.75, 3.05) is 18.4 Å². The number of fused-ring (bicyclic) bond motifs is 1. The molecule has 0 unspecified atom stereocenters. The van der Waals surface area contributed by atoms with Gasteiger partial charge >= 0.3 is 6.03 Å². The van der Waals surface area contributed by atoms with Gasteiger partial charge in [-0.15, -0.1) is 0 Å². The number of piperidine rings is 1. The molecule has 152 valence electrons. The number of carbonyl (C=O) groups excluding carboxylic acids is 1. The minimum Gasteiger partial charge on any atom is -0.330 e. The molecule has 2 amide bonds. The van der Waals surface area contributed by atoms with Crippen LogP contribution in [0.2, 0.25) is 10.0 Å². The number of nitrogens with one attached hydrogen (secondary N) is 1. The lowest BCUT2D eigenvalue weighted by atomic mass is 9.93. The molecule has 0 aliphatic carbocycles. The second-order valence-corrected chi connectivity index (χ2v) is 7.98. The second kappa shape index (κ2) is 8.08. The smallest absolute Gasteiger partial charge is 0.321 e. The van der Waals surface area contributed by atoms with Crippen molar-refractivity contribution in [3.63, 3.8) is 0 Å². The Labute approximate surface area is 177 Å². The molecule has 3 heterocycles. The Hall–Kier alpha value is -2.51. The number of hydrogen-bond donors (Lipinski definition) is 1. The van der Waals surface area contributed by atoms with E-state index in [4.69, 9.17) is 23.2 Å². The van der Waals surface area contributed by atoms with E-state index in [-0.39, 0.29) is 17.5 Å². The van der Waals surface area contributed by atoms with E-state index in [1.165, 1.54) is 4.52 Å². The minimum atomic E-state index is -0.180. The number of anilines is 1. The Kier molecular flexibility index (Phi) is 5.52. The van der Waals surface area contributed by atoms with Crippen molar-refractivity contribution in [2.45, 2.75) is 32.2 Å². The van der Waals surface area contributed by atoms with E-state index in [1.807, 2.05) is 6.07 Å². The molecule has 9 heteroatoms. The van der Waals surface area contributed by atoms with E-state index in [1.54, 1.807) is 35.4 Å². The molecule has 4 rings (SSSR count). The maximum Gasteiger partial charge on any atom is 0.321 e. The Morgan fingerprint density at radius 2 is 1.86 bits per heavy atom. The van der Waals surface area contributed by atoms with Gasteiger partial charge in [-0.05, 0) is 38.0 Å². The molecule has 3 aromatic rings. The maximum atomic E-state index is 12.6. The number of halogens is 2. The van der Waals surface area contributed by atoms with Crippen LogP contribution in [0.4, 0.5) is 10.5 Å². The van der Waals surface area contributed by atoms with E-state index in [9.17, 15) is 9.59 Å². The predicted octanol–water partition coefficient (Wildman–Crippen LogP) is 4.23. The van der Waals surface area contributed by atoms with Crippen LogP contribution < -0.4 is 10.9 Å². The highest BCUT2D eigenvalue weighted by Crippen LogP contribution is 2.29. The van der Waals surface area contributed by atoms with Gasteiger partial charge in [-0.2, -0.15) is 9.61 Å². The van der Waals surface area contributed by atoms with Gasteiger partial charge < -0.3 is 14.8 Å². The van der Waals surface area contributed by atoms with Gasteiger partial charge in [0, 0.05) is 59.1 Å². The van der Waals surface area contributed by atoms with Gasteiger partial charge in [-0.25, -0.2) is 4.79 Å². The molecule has 29 heavy (non-hydrogen) atoms. The van der Waals surface area contributed by atoms with E-state index < -0.39 is 0 Å². The predicted molar refractivity (Wildman–Crippen MR) is 114 cm³/mol. The van der Waals surface area contributed by atoms with E-state index >= 15 is 0 Å². The Bertz CT molecular complexity index is 1100. The van der Waals surface area contributed by atoms with Gasteiger partial charge in [0.15, 0.2) is 0 Å². The molecule has 1 fully saturated rings. The van der Waals surface area contributed by atoms with Gasteiger partial charge in [-0.3, -0.25) is 4.79 Å². The standard InChI is InChI=1S/C20H21Cl2N5O2/c1-2-26-17(12-19(28)27-18(26)3-6-23-27)13-4-7-25(8-5-13)20(29)24-16-10-14(21)9-15(22)11-16/h3,6,9-13H,2,4-5,7-8H2,1H3,(H,24,29). The summed E-state index contributed by atoms with van der Waals surface area (Å²) in [7, 11) is 0. The zero-order valence-corrected chi connectivity index (χ0v) is 17.5. The van der Waals surface area contributed by atoms with Crippen LogP contribution in [-0.4, -0.2) is 38.2 Å². The van der Waals surface area contributed by atoms with Crippen LogP contribution in [0.15, 0.2) is 41.3 Å². The quantitative estimate of drug-likeness (QED) is 0.671. The average molecular weight is 434 g/mol. The Balaban J connectivity index is 1.47. The molecule has 1 aliphatic heterocycles. The normalized spacial score (nSPS) is 15.1. The summed E-state index contributed by atoms with van der Waals surface area (Å²) in [5.41, 5.74) is 2.25. The van der Waals surface area contributed by atoms with Gasteiger partial charge in [0.1, 0.15) is 5.65 Å². The topological polar surface area (TPSA) is 71.6 Å². The number of amides is 2. The molecule has 1 saturated heterocycles. The number of aromatic nitrogens is 3. The highest BCUT2D eigenvalue weighted by atomic mass is 35.5. The number of carbonyl (C=O) groups is 1. The number of urea groups is 1. The van der Waals surface area contributed by atoms with Crippen molar-refractivity contribution in [1.82, 2.24) is 19.1 Å². The zero-order valence-electron chi connectivity index (χ0n) is 15.9. The lowest BCUT2D eigenvalue weighted by Crippen LogP contribution is -2.41. The van der Waals surface area contributed by atoms with E-state index in [0.717, 1.165) is 30.7 Å². The van der Waals surface area contributed by atoms with Crippen molar-refractivity contribution >= 4 is 40.6 Å². The molecule has 0 radical (unpaired) electrons. The maximum absolute atomic E-state index is 12.6. The van der Waals surface area contributed by atoms with E-state index in [2.05, 4.69) is 21.9 Å². The largest absolute Gasteiger partial charge is 0.330 e. The summed E-state index contributed by atoms with van der Waals surface area (Å²) in [6.45, 7) is 4.01. The number of rotatable bonds is 3. The SMILES string of the molecule is CCn1c(C2CCN(C(=O)Nc3cc(Cl)cc(Cl)c3)CC2)cc(=O)n2nccc12. The molecule has 7 nitrogen and oxygen atoms in total. The fourth-order valence-electron chi connectivity index (χ4n) is 3.96. The highest BCUT2D eigenvalue weighted by Gasteiger charge is 2.26. The van der Waals surface area contributed by atoms with Crippen molar-refractivity contribution < 1.29 is 4.79 Å². The zero-order chi connectivity index (χ0) is 20.5. The molecule has 1 aromatic carbocycles. The van der Waals surface area contributed by atoms with Crippen LogP contribution in [0.1, 0.15) is 31.4 Å². The second-order valence-electron chi connectivity index (χ2n) is 7.10. The molecule has 0 spiro atoms. The summed E-state index contributed by atoms with van der Waals surface area (Å²) in [6.07, 6.45) is 3.21. The third-order valence-electron chi connectivity index (χ3n) is 5.32. The number of hydrogen-bond acceptors (Lipinski definition) is 3. The number of aryl methyl sites for hydroxylation is 1. The fourth-order valence-corrected chi connectivity index (χ4v) is 4.48. The van der Waals surface area contributed by atoms with Crippen LogP contribution in [-0.2, 0) is 6.54 Å². The molecule has 0 bridgehead atoms. The van der Waals surface area contributed by atoms with Crippen LogP contribution in [0.25, 0.3) is 5.65 Å². The van der Waals surface area contributed by atoms with Crippen LogP contribution in [0.3, 0.4) is 0 Å². The summed E-state index contributed by atoms with van der Waals surface area (Å²) in [4.78, 5) is 26.8. The lowest BCUT2D eigenvalue weighted by molar-refractivity contribution is 0.193. The monoisotopic (exact) mass is 433 g/mol. The van der Waals surface area contributed by atoms with Crippen molar-refractivity contribution in [3.05, 3.63) is 62.6 Å². The number of benzene rings is 1.